The summed E-state index contributed by atoms with van der Waals surface area (Å²) in [6.45, 7) is 3.98. The maximum atomic E-state index is 5.40. The van der Waals surface area contributed by atoms with E-state index < -0.39 is 0 Å². The molecule has 0 radical (unpaired) electrons. The van der Waals surface area contributed by atoms with Gasteiger partial charge in [0.25, 0.3) is 0 Å². The van der Waals surface area contributed by atoms with Gasteiger partial charge in [-0.3, -0.25) is 5.43 Å². The maximum Gasteiger partial charge on any atom is 0.182 e. The molecule has 1 rings (SSSR count). The van der Waals surface area contributed by atoms with Crippen LogP contribution in [0.25, 0.3) is 0 Å². The summed E-state index contributed by atoms with van der Waals surface area (Å²) in [5, 5.41) is 4.39. The minimum Gasteiger partial charge on any atom is -0.377 e. The minimum atomic E-state index is 0.582. The van der Waals surface area contributed by atoms with E-state index >= 15 is 0 Å². The number of nitrogens with one attached hydrogen (secondary N) is 1. The summed E-state index contributed by atoms with van der Waals surface area (Å²) in [4.78, 5) is 1.18. The van der Waals surface area contributed by atoms with Crippen LogP contribution >= 0.6 is 11.8 Å². The summed E-state index contributed by atoms with van der Waals surface area (Å²) in [5.74, 6) is 0. The zero-order chi connectivity index (χ0) is 6.85. The Morgan fingerprint density at radius 1 is 1.56 bits per heavy atom. The van der Waals surface area contributed by atoms with Crippen molar-refractivity contribution < 1.29 is 0 Å². The molecule has 0 aromatic rings. The number of hydrogen-bond donors (Lipinski definition) is 2. The molecule has 0 aromatic heterocycles. The fourth-order valence-corrected chi connectivity index (χ4v) is 1.08. The van der Waals surface area contributed by atoms with Gasteiger partial charge in [0.15, 0.2) is 5.17 Å². The number of thioether (sulfide) groups is 1. The van der Waals surface area contributed by atoms with E-state index in [-0.39, 0.29) is 0 Å². The second-order valence-corrected chi connectivity index (χ2v) is 3.08. The van der Waals surface area contributed by atoms with E-state index in [1.54, 1.807) is 0 Å². The van der Waals surface area contributed by atoms with Crippen LogP contribution in [0.15, 0.2) is 15.7 Å². The Balaban J connectivity index is 2.70. The van der Waals surface area contributed by atoms with Crippen molar-refractivity contribution in [2.24, 2.45) is 10.8 Å². The molecule has 0 unspecified atom stereocenters. The van der Waals surface area contributed by atoms with E-state index in [2.05, 4.69) is 10.5 Å². The highest BCUT2D eigenvalue weighted by molar-refractivity contribution is 8.17. The largest absolute Gasteiger partial charge is 0.377 e. The SMILES string of the molecule is CC1=C(C)SC(N)=NN1. The summed E-state index contributed by atoms with van der Waals surface area (Å²) < 4.78 is 0. The van der Waals surface area contributed by atoms with Gasteiger partial charge in [0.05, 0.1) is 0 Å². The fourth-order valence-electron chi connectivity index (χ4n) is 0.474. The molecule has 0 atom stereocenters. The van der Waals surface area contributed by atoms with E-state index in [0.29, 0.717) is 5.17 Å². The van der Waals surface area contributed by atoms with Gasteiger partial charge < -0.3 is 5.73 Å². The maximum absolute atomic E-state index is 5.40. The first-order chi connectivity index (χ1) is 4.20. The van der Waals surface area contributed by atoms with Gasteiger partial charge in [-0.2, -0.15) is 5.10 Å². The second-order valence-electron chi connectivity index (χ2n) is 1.85. The molecule has 3 N–H and O–H groups in total. The Labute approximate surface area is 58.4 Å². The molecule has 3 nitrogen and oxygen atoms in total. The molecular formula is C5H9N3S. The van der Waals surface area contributed by atoms with Crippen molar-refractivity contribution in [3.8, 4) is 0 Å². The van der Waals surface area contributed by atoms with E-state index in [4.69, 9.17) is 5.73 Å². The zero-order valence-electron chi connectivity index (χ0n) is 5.43. The second kappa shape index (κ2) is 2.31. The van der Waals surface area contributed by atoms with Gasteiger partial charge in [0.2, 0.25) is 0 Å². The number of amidine groups is 1. The topological polar surface area (TPSA) is 50.4 Å². The number of hydrazone groups is 1. The Kier molecular flexibility index (Phi) is 1.66. The Hall–Kier alpha value is -0.640. The van der Waals surface area contributed by atoms with Crippen LogP contribution in [0.5, 0.6) is 0 Å². The van der Waals surface area contributed by atoms with Crippen LogP contribution in [0.1, 0.15) is 13.8 Å². The summed E-state index contributed by atoms with van der Waals surface area (Å²) in [5.41, 5.74) is 9.28. The molecule has 0 saturated heterocycles. The summed E-state index contributed by atoms with van der Waals surface area (Å²) >= 11 is 1.49. The van der Waals surface area contributed by atoms with Gasteiger partial charge in [-0.25, -0.2) is 0 Å². The molecule has 0 aromatic carbocycles. The van der Waals surface area contributed by atoms with Crippen molar-refractivity contribution in [2.75, 3.05) is 0 Å². The van der Waals surface area contributed by atoms with E-state index in [9.17, 15) is 0 Å². The van der Waals surface area contributed by atoms with Crippen LogP contribution in [0, 0.1) is 0 Å². The molecular weight excluding hydrogens is 134 g/mol. The Bertz CT molecular complexity index is 183. The summed E-state index contributed by atoms with van der Waals surface area (Å²) in [6, 6.07) is 0. The van der Waals surface area contributed by atoms with Crippen LogP contribution in [0.4, 0.5) is 0 Å². The first kappa shape index (κ1) is 6.48. The van der Waals surface area contributed by atoms with Crippen LogP contribution < -0.4 is 11.2 Å². The molecule has 0 fully saturated rings. The summed E-state index contributed by atoms with van der Waals surface area (Å²) in [7, 11) is 0. The monoisotopic (exact) mass is 143 g/mol. The molecule has 0 aliphatic carbocycles. The van der Waals surface area contributed by atoms with Crippen LogP contribution in [-0.2, 0) is 0 Å². The Morgan fingerprint density at radius 3 is 2.67 bits per heavy atom. The van der Waals surface area contributed by atoms with Crippen molar-refractivity contribution in [1.29, 1.82) is 0 Å². The third-order valence-corrected chi connectivity index (χ3v) is 2.03. The van der Waals surface area contributed by atoms with E-state index in [1.165, 1.54) is 16.7 Å². The number of nitrogens with two attached hydrogens (primary N) is 1. The highest BCUT2D eigenvalue weighted by atomic mass is 32.2. The van der Waals surface area contributed by atoms with E-state index in [1.807, 2.05) is 13.8 Å². The molecule has 0 spiro atoms. The van der Waals surface area contributed by atoms with Gasteiger partial charge in [-0.15, -0.1) is 0 Å². The highest BCUT2D eigenvalue weighted by Gasteiger charge is 2.04. The van der Waals surface area contributed by atoms with Gasteiger partial charge >= 0.3 is 0 Å². The standard InChI is InChI=1S/C5H9N3S/c1-3-4(2)9-5(6)8-7-3/h7H,1-2H3,(H2,6,8). The summed E-state index contributed by atoms with van der Waals surface area (Å²) in [6.07, 6.45) is 0. The van der Waals surface area contributed by atoms with Crippen LogP contribution in [-0.4, -0.2) is 5.17 Å². The normalized spacial score (nSPS) is 19.1. The highest BCUT2D eigenvalue weighted by Crippen LogP contribution is 2.20. The van der Waals surface area contributed by atoms with Crippen molar-refractivity contribution in [3.05, 3.63) is 10.6 Å². The fraction of sp³-hybridized carbons (Fsp3) is 0.400. The average molecular weight is 143 g/mol. The lowest BCUT2D eigenvalue weighted by atomic mass is 10.5. The number of rotatable bonds is 0. The quantitative estimate of drug-likeness (QED) is 0.527. The molecule has 0 bridgehead atoms. The lowest BCUT2D eigenvalue weighted by Gasteiger charge is -2.11. The molecule has 4 heteroatoms. The molecule has 1 aliphatic rings. The van der Waals surface area contributed by atoms with Crippen LogP contribution in [0.3, 0.4) is 0 Å². The zero-order valence-corrected chi connectivity index (χ0v) is 6.25. The first-order valence-corrected chi connectivity index (χ1v) is 3.46. The molecule has 1 heterocycles. The molecule has 50 valence electrons. The van der Waals surface area contributed by atoms with Gasteiger partial charge in [-0.1, -0.05) is 11.8 Å². The number of nitrogens with zero attached hydrogens (tertiary/aromatic N) is 1. The van der Waals surface area contributed by atoms with Crippen molar-refractivity contribution >= 4 is 16.9 Å². The lowest BCUT2D eigenvalue weighted by Crippen LogP contribution is -2.18. The van der Waals surface area contributed by atoms with E-state index in [0.717, 1.165) is 5.70 Å². The van der Waals surface area contributed by atoms with Gasteiger partial charge in [0, 0.05) is 10.6 Å². The predicted molar refractivity (Wildman–Crippen MR) is 40.7 cm³/mol. The number of hydrogen-bond acceptors (Lipinski definition) is 4. The van der Waals surface area contributed by atoms with Gasteiger partial charge in [-0.05, 0) is 13.8 Å². The smallest absolute Gasteiger partial charge is 0.182 e. The predicted octanol–water partition coefficient (Wildman–Crippen LogP) is 0.804. The number of allylic oxidation sites excluding steroid dienone is 2. The molecule has 0 amide bonds. The minimum absolute atomic E-state index is 0.582. The van der Waals surface area contributed by atoms with Gasteiger partial charge in [0.1, 0.15) is 0 Å². The van der Waals surface area contributed by atoms with Crippen LogP contribution in [0.2, 0.25) is 0 Å². The van der Waals surface area contributed by atoms with Crippen molar-refractivity contribution in [2.45, 2.75) is 13.8 Å². The third kappa shape index (κ3) is 1.38. The average Bonchev–Trinajstić information content (AvgIpc) is 1.80. The first-order valence-electron chi connectivity index (χ1n) is 2.64. The Morgan fingerprint density at radius 2 is 2.22 bits per heavy atom. The molecule has 9 heavy (non-hydrogen) atoms. The molecule has 1 aliphatic heterocycles. The van der Waals surface area contributed by atoms with Crippen molar-refractivity contribution in [3.63, 3.8) is 0 Å². The van der Waals surface area contributed by atoms with Crippen molar-refractivity contribution in [1.82, 2.24) is 5.43 Å². The molecule has 0 saturated carbocycles. The third-order valence-electron chi connectivity index (χ3n) is 1.12. The lowest BCUT2D eigenvalue weighted by molar-refractivity contribution is 0.878.